The lowest BCUT2D eigenvalue weighted by Gasteiger charge is -2.15. The van der Waals surface area contributed by atoms with Crippen molar-refractivity contribution >= 4 is 62.2 Å². The Bertz CT molecular complexity index is 952. The highest BCUT2D eigenvalue weighted by molar-refractivity contribution is 7.23. The molecular weight excluding hydrogens is 403 g/mol. The summed E-state index contributed by atoms with van der Waals surface area (Å²) in [6, 6.07) is 11.2. The smallest absolute Gasteiger partial charge is 0.344 e. The molecule has 0 spiro atoms. The summed E-state index contributed by atoms with van der Waals surface area (Å²) in [6.07, 6.45) is -0.664. The fourth-order valence-corrected chi connectivity index (χ4v) is 4.42. The molecule has 3 rings (SSSR count). The Morgan fingerprint density at radius 2 is 1.92 bits per heavy atom. The monoisotopic (exact) mass is 414 g/mol. The number of benzene rings is 2. The van der Waals surface area contributed by atoms with E-state index in [0.717, 1.165) is 20.5 Å². The molecule has 2 aromatic carbocycles. The maximum absolute atomic E-state index is 11.2. The third-order valence-corrected chi connectivity index (χ3v) is 6.20. The maximum atomic E-state index is 11.2. The van der Waals surface area contributed by atoms with Crippen LogP contribution >= 0.6 is 46.1 Å². The number of thiophene rings is 1. The van der Waals surface area contributed by atoms with Gasteiger partial charge in [-0.3, -0.25) is 0 Å². The van der Waals surface area contributed by atoms with E-state index in [1.165, 1.54) is 11.3 Å². The molecule has 1 N–H and O–H groups in total. The molecule has 3 nitrogen and oxygen atoms in total. The lowest BCUT2D eigenvalue weighted by atomic mass is 10.1. The first kappa shape index (κ1) is 18.3. The topological polar surface area (TPSA) is 46.5 Å². The zero-order valence-electron chi connectivity index (χ0n) is 13.1. The van der Waals surface area contributed by atoms with Crippen LogP contribution in [0, 0.1) is 0 Å². The van der Waals surface area contributed by atoms with Crippen molar-refractivity contribution in [2.45, 2.75) is 19.4 Å². The normalized spacial score (nSPS) is 12.3. The van der Waals surface area contributed by atoms with E-state index in [1.54, 1.807) is 13.0 Å². The first-order chi connectivity index (χ1) is 11.9. The van der Waals surface area contributed by atoms with Gasteiger partial charge in [-0.05, 0) is 30.0 Å². The molecule has 0 radical (unpaired) electrons. The number of carboxylic acid groups (broad SMARTS) is 1. The largest absolute Gasteiger partial charge is 0.479 e. The van der Waals surface area contributed by atoms with Crippen LogP contribution in [0.15, 0.2) is 36.4 Å². The maximum Gasteiger partial charge on any atom is 0.344 e. The molecule has 0 saturated carbocycles. The third-order valence-electron chi connectivity index (χ3n) is 3.71. The van der Waals surface area contributed by atoms with E-state index < -0.39 is 12.1 Å². The quantitative estimate of drug-likeness (QED) is 0.500. The second kappa shape index (κ2) is 7.42. The number of aliphatic carboxylic acids is 1. The Morgan fingerprint density at radius 1 is 1.20 bits per heavy atom. The molecule has 0 aliphatic rings. The predicted molar refractivity (Wildman–Crippen MR) is 105 cm³/mol. The zero-order chi connectivity index (χ0) is 18.1. The Balaban J connectivity index is 2.10. The highest BCUT2D eigenvalue weighted by Crippen LogP contribution is 2.45. The second-order valence-electron chi connectivity index (χ2n) is 5.36. The Kier molecular flexibility index (Phi) is 5.44. The summed E-state index contributed by atoms with van der Waals surface area (Å²) in [6.45, 7) is 1.73. The lowest BCUT2D eigenvalue weighted by molar-refractivity contribution is -0.145. The van der Waals surface area contributed by atoms with Crippen LogP contribution in [-0.4, -0.2) is 17.2 Å². The van der Waals surface area contributed by atoms with Gasteiger partial charge in [-0.2, -0.15) is 0 Å². The number of ether oxygens (including phenoxy) is 1. The van der Waals surface area contributed by atoms with Gasteiger partial charge in [0.1, 0.15) is 10.8 Å². The number of hydrogen-bond acceptors (Lipinski definition) is 3. The van der Waals surface area contributed by atoms with Crippen molar-refractivity contribution in [3.05, 3.63) is 51.5 Å². The third kappa shape index (κ3) is 3.58. The number of fused-ring (bicyclic) bond motifs is 1. The summed E-state index contributed by atoms with van der Waals surface area (Å²) in [5, 5.41) is 11.2. The summed E-state index contributed by atoms with van der Waals surface area (Å²) in [5.41, 5.74) is 0.900. The van der Waals surface area contributed by atoms with Gasteiger partial charge in [0, 0.05) is 15.5 Å². The van der Waals surface area contributed by atoms with Crippen LogP contribution in [0.2, 0.25) is 15.1 Å². The highest BCUT2D eigenvalue weighted by Gasteiger charge is 2.21. The van der Waals surface area contributed by atoms with E-state index in [0.29, 0.717) is 16.5 Å². The summed E-state index contributed by atoms with van der Waals surface area (Å²) >= 11 is 20.4. The summed E-state index contributed by atoms with van der Waals surface area (Å²) < 4.78 is 6.35. The van der Waals surface area contributed by atoms with Gasteiger partial charge in [0.05, 0.1) is 9.72 Å². The Hall–Kier alpha value is -1.46. The average Bonchev–Trinajstić information content (AvgIpc) is 3.00. The molecule has 0 bridgehead atoms. The minimum atomic E-state index is -1.04. The second-order valence-corrected chi connectivity index (χ2v) is 7.58. The van der Waals surface area contributed by atoms with Gasteiger partial charge < -0.3 is 9.84 Å². The van der Waals surface area contributed by atoms with Crippen LogP contribution in [0.4, 0.5) is 0 Å². The molecule has 1 heterocycles. The fourth-order valence-electron chi connectivity index (χ4n) is 2.44. The van der Waals surface area contributed by atoms with E-state index in [-0.39, 0.29) is 10.8 Å². The summed E-state index contributed by atoms with van der Waals surface area (Å²) in [7, 11) is 0. The highest BCUT2D eigenvalue weighted by atomic mass is 35.5. The van der Waals surface area contributed by atoms with Crippen molar-refractivity contribution in [1.29, 1.82) is 0 Å². The summed E-state index contributed by atoms with van der Waals surface area (Å²) in [5.74, 6) is -0.784. The zero-order valence-corrected chi connectivity index (χ0v) is 16.1. The van der Waals surface area contributed by atoms with E-state index in [2.05, 4.69) is 0 Å². The van der Waals surface area contributed by atoms with E-state index >= 15 is 0 Å². The van der Waals surface area contributed by atoms with E-state index in [1.807, 2.05) is 30.3 Å². The van der Waals surface area contributed by atoms with Crippen LogP contribution in [0.1, 0.15) is 13.3 Å². The average molecular weight is 416 g/mol. The van der Waals surface area contributed by atoms with Crippen molar-refractivity contribution in [3.63, 3.8) is 0 Å². The molecule has 0 saturated heterocycles. The molecule has 0 aliphatic carbocycles. The first-order valence-electron chi connectivity index (χ1n) is 7.48. The van der Waals surface area contributed by atoms with Crippen molar-refractivity contribution in [1.82, 2.24) is 0 Å². The molecule has 0 aliphatic heterocycles. The Labute approximate surface area is 163 Å². The van der Waals surface area contributed by atoms with Gasteiger partial charge in [0.25, 0.3) is 0 Å². The molecule has 1 atom stereocenters. The SMILES string of the molecule is CCC(Oc1cc2cc(-c3ccccc3Cl)sc2c(Cl)c1Cl)C(=O)O. The van der Waals surface area contributed by atoms with E-state index in [4.69, 9.17) is 39.5 Å². The number of halogens is 3. The van der Waals surface area contributed by atoms with Gasteiger partial charge in [-0.1, -0.05) is 59.9 Å². The predicted octanol–water partition coefficient (Wildman–Crippen LogP) is 6.77. The van der Waals surface area contributed by atoms with Gasteiger partial charge in [-0.25, -0.2) is 4.79 Å². The van der Waals surface area contributed by atoms with Crippen LogP contribution in [0.5, 0.6) is 5.75 Å². The molecule has 25 heavy (non-hydrogen) atoms. The number of carbonyl (C=O) groups is 1. The molecule has 1 aromatic heterocycles. The van der Waals surface area contributed by atoms with Crippen molar-refractivity contribution in [3.8, 4) is 16.2 Å². The van der Waals surface area contributed by atoms with Gasteiger partial charge >= 0.3 is 5.97 Å². The summed E-state index contributed by atoms with van der Waals surface area (Å²) in [4.78, 5) is 12.2. The molecule has 0 fully saturated rings. The molecule has 3 aromatic rings. The van der Waals surface area contributed by atoms with Gasteiger partial charge in [0.15, 0.2) is 6.10 Å². The lowest BCUT2D eigenvalue weighted by Crippen LogP contribution is -2.26. The molecule has 130 valence electrons. The van der Waals surface area contributed by atoms with Gasteiger partial charge in [0.2, 0.25) is 0 Å². The fraction of sp³-hybridized carbons (Fsp3) is 0.167. The Morgan fingerprint density at radius 3 is 2.56 bits per heavy atom. The van der Waals surface area contributed by atoms with Crippen LogP contribution < -0.4 is 4.74 Å². The number of carboxylic acids is 1. The minimum absolute atomic E-state index is 0.210. The number of rotatable bonds is 5. The standard InChI is InChI=1S/C18H13Cl3O3S/c1-2-12(18(22)23)24-13-7-9-8-14(10-5-3-4-6-11(10)19)25-17(9)16(21)15(13)20/h3-8,12H,2H2,1H3,(H,22,23). The minimum Gasteiger partial charge on any atom is -0.479 e. The first-order valence-corrected chi connectivity index (χ1v) is 9.43. The van der Waals surface area contributed by atoms with Crippen molar-refractivity contribution in [2.75, 3.05) is 0 Å². The van der Waals surface area contributed by atoms with Crippen LogP contribution in [-0.2, 0) is 4.79 Å². The number of hydrogen-bond donors (Lipinski definition) is 1. The van der Waals surface area contributed by atoms with Crippen molar-refractivity contribution in [2.24, 2.45) is 0 Å². The molecule has 1 unspecified atom stereocenters. The van der Waals surface area contributed by atoms with Crippen molar-refractivity contribution < 1.29 is 14.6 Å². The van der Waals surface area contributed by atoms with E-state index in [9.17, 15) is 9.90 Å². The molecular formula is C18H13Cl3O3S. The van der Waals surface area contributed by atoms with Crippen LogP contribution in [0.3, 0.4) is 0 Å². The molecule has 0 amide bonds. The van der Waals surface area contributed by atoms with Crippen LogP contribution in [0.25, 0.3) is 20.5 Å². The van der Waals surface area contributed by atoms with Gasteiger partial charge in [-0.15, -0.1) is 11.3 Å². The molecule has 7 heteroatoms.